The van der Waals surface area contributed by atoms with Crippen molar-refractivity contribution < 1.29 is 67.3 Å². The van der Waals surface area contributed by atoms with Gasteiger partial charge in [-0.1, -0.05) is 44.6 Å². The van der Waals surface area contributed by atoms with Gasteiger partial charge in [-0.15, -0.1) is 18.3 Å². The van der Waals surface area contributed by atoms with Crippen LogP contribution in [0.25, 0.3) is 0 Å². The van der Waals surface area contributed by atoms with Crippen molar-refractivity contribution in [2.24, 2.45) is 29.6 Å². The summed E-state index contributed by atoms with van der Waals surface area (Å²) in [5, 5.41) is 23.8. The normalized spacial score (nSPS) is 39.2. The Kier molecular flexibility index (Phi) is 20.5. The van der Waals surface area contributed by atoms with Gasteiger partial charge in [-0.05, 0) is 95.5 Å². The fourth-order valence-electron chi connectivity index (χ4n) is 10.6. The number of carbonyl (C=O) groups is 5. The molecule has 15 nitrogen and oxygen atoms in total. The third kappa shape index (κ3) is 13.4. The maximum absolute atomic E-state index is 14.5. The molecule has 4 aliphatic heterocycles. The molecule has 1 aliphatic carbocycles. The first kappa shape index (κ1) is 54.0. The summed E-state index contributed by atoms with van der Waals surface area (Å²) in [5.74, 6) is -7.33. The highest BCUT2D eigenvalue weighted by atomic mass is 32.2. The summed E-state index contributed by atoms with van der Waals surface area (Å²) >= 11 is 1.54. The largest absolute Gasteiger partial charge is 0.465 e. The molecule has 0 aromatic carbocycles. The summed E-state index contributed by atoms with van der Waals surface area (Å²) in [5.41, 5.74) is 1.62. The zero-order valence-electron chi connectivity index (χ0n) is 40.5. The summed E-state index contributed by atoms with van der Waals surface area (Å²) < 4.78 is 41.7. The Hall–Kier alpha value is -2.96. The van der Waals surface area contributed by atoms with Gasteiger partial charge in [0.1, 0.15) is 29.3 Å². The van der Waals surface area contributed by atoms with Gasteiger partial charge in [0.25, 0.3) is 11.7 Å². The van der Waals surface area contributed by atoms with Gasteiger partial charge in [-0.25, -0.2) is 4.79 Å². The first-order valence-corrected chi connectivity index (χ1v) is 25.1. The predicted molar refractivity (Wildman–Crippen MR) is 248 cm³/mol. The number of ether oxygens (including phenoxy) is 7. The number of hydrogen-bond acceptors (Lipinski definition) is 15. The van der Waals surface area contributed by atoms with Gasteiger partial charge in [0.15, 0.2) is 0 Å². The van der Waals surface area contributed by atoms with E-state index in [-0.39, 0.29) is 66.9 Å². The molecule has 4 heterocycles. The highest BCUT2D eigenvalue weighted by molar-refractivity contribution is 8.00. The molecular weight excluding hydrogens is 871 g/mol. The van der Waals surface area contributed by atoms with Crippen LogP contribution in [-0.2, 0) is 57.1 Å². The Balaban J connectivity index is 1.44. The second kappa shape index (κ2) is 25.1. The first-order chi connectivity index (χ1) is 31.4. The fourth-order valence-corrected chi connectivity index (χ4v) is 11.6. The molecule has 2 unspecified atom stereocenters. The lowest BCUT2D eigenvalue weighted by atomic mass is 9.81. The van der Waals surface area contributed by atoms with Crippen LogP contribution in [0.1, 0.15) is 112 Å². The number of hydrogen-bond donors (Lipinski definition) is 2. The summed E-state index contributed by atoms with van der Waals surface area (Å²) in [7, 11) is 4.71. The molecule has 0 spiro atoms. The molecule has 1 saturated carbocycles. The Bertz CT molecular complexity index is 1750. The number of nitrogens with zero attached hydrogens (tertiary/aromatic N) is 1. The van der Waals surface area contributed by atoms with Crippen LogP contribution in [0, 0.1) is 29.6 Å². The molecule has 2 bridgehead atoms. The Morgan fingerprint density at radius 1 is 0.924 bits per heavy atom. The van der Waals surface area contributed by atoms with E-state index in [1.165, 1.54) is 19.1 Å². The van der Waals surface area contributed by atoms with E-state index in [2.05, 4.69) is 6.58 Å². The average Bonchev–Trinajstić information content (AvgIpc) is 3.72. The maximum atomic E-state index is 14.5. The van der Waals surface area contributed by atoms with E-state index in [1.807, 2.05) is 32.9 Å². The molecule has 4 fully saturated rings. The lowest BCUT2D eigenvalue weighted by Gasteiger charge is -2.47. The number of piperidine rings is 1. The van der Waals surface area contributed by atoms with E-state index in [9.17, 15) is 34.2 Å². The second-order valence-electron chi connectivity index (χ2n) is 19.4. The second-order valence-corrected chi connectivity index (χ2v) is 20.7. The van der Waals surface area contributed by atoms with Crippen molar-refractivity contribution in [3.05, 3.63) is 36.0 Å². The molecule has 372 valence electrons. The number of rotatable bonds is 12. The lowest BCUT2D eigenvalue weighted by Crippen LogP contribution is -2.64. The van der Waals surface area contributed by atoms with Gasteiger partial charge in [0.05, 0.1) is 43.7 Å². The van der Waals surface area contributed by atoms with Crippen molar-refractivity contribution in [1.82, 2.24) is 4.90 Å². The minimum absolute atomic E-state index is 0.000150. The van der Waals surface area contributed by atoms with Crippen LogP contribution in [0.15, 0.2) is 36.0 Å². The number of cyclic esters (lactones) is 2. The summed E-state index contributed by atoms with van der Waals surface area (Å²) in [6.45, 7) is 14.1. The summed E-state index contributed by atoms with van der Waals surface area (Å²) in [6, 6.07) is -1.16. The number of methoxy groups -OCH3 is 3. The predicted octanol–water partition coefficient (Wildman–Crippen LogP) is 5.71. The van der Waals surface area contributed by atoms with Crippen molar-refractivity contribution in [3.63, 3.8) is 0 Å². The van der Waals surface area contributed by atoms with E-state index >= 15 is 0 Å². The molecule has 66 heavy (non-hydrogen) atoms. The van der Waals surface area contributed by atoms with Crippen molar-refractivity contribution in [1.29, 1.82) is 0 Å². The number of Topliss-reactive ketones (excluding diaryl/α,β-unsaturated/α-hetero) is 2. The van der Waals surface area contributed by atoms with Crippen LogP contribution >= 0.6 is 11.8 Å². The molecule has 16 heteroatoms. The fraction of sp³-hybridized carbons (Fsp3) is 0.780. The maximum Gasteiger partial charge on any atom is 0.329 e. The van der Waals surface area contributed by atoms with Crippen LogP contribution in [0.2, 0.25) is 0 Å². The third-order valence-electron chi connectivity index (χ3n) is 14.5. The van der Waals surface area contributed by atoms with Crippen LogP contribution in [0.4, 0.5) is 0 Å². The quantitative estimate of drug-likeness (QED) is 0.105. The number of aliphatic hydroxyl groups excluding tert-OH is 1. The third-order valence-corrected chi connectivity index (χ3v) is 15.7. The number of ketones is 2. The molecule has 15 atom stereocenters. The smallest absolute Gasteiger partial charge is 0.329 e. The SMILES string of the molecule is C=CC[C@@H]1/C=C(\C)C[C@H](C)C[C@H](OC)C2O[C@@](O)(C(=O)C(=O)N3CCCC[C@H]3C(=O)O[C@H](/C(C)=C/[C@@H]3CC[C@@H](OCCSC4CCOC4=O)[C@H](OC)C3)[C@H](C)[C@@H](O)CC1=O)[C@H](C)C[C@@H]2OC. The molecule has 5 aliphatic rings. The van der Waals surface area contributed by atoms with Gasteiger partial charge in [0.2, 0.25) is 5.79 Å². The van der Waals surface area contributed by atoms with E-state index in [0.717, 1.165) is 12.0 Å². The minimum atomic E-state index is -2.52. The van der Waals surface area contributed by atoms with E-state index in [4.69, 9.17) is 33.2 Å². The van der Waals surface area contributed by atoms with Gasteiger partial charge in [-0.3, -0.25) is 19.2 Å². The topological polar surface area (TPSA) is 194 Å². The van der Waals surface area contributed by atoms with Gasteiger partial charge in [-0.2, -0.15) is 0 Å². The standard InChI is InChI=1S/C50H77NO14S/c1-10-13-35-23-29(2)22-30(3)24-41(60-8)45-42(61-9)26-32(5)50(58,65-45)46(54)47(55)51-18-12-11-14-36(51)48(56)64-44(33(6)37(52)28-38(35)53)31(4)25-34-15-16-39(40(27-34)59-7)62-20-21-66-43-17-19-63-49(43)57/h10,23,25,30,32-37,39-45,52,58H,1,11-22,24,26-28H2,2-9H3/b29-23+,31-25+/t30-,32+,33+,34-,35+,36-,37-,39+,40+,41-,42-,43?,44+,45?,50+/m0/s1. The Labute approximate surface area is 396 Å². The number of aliphatic hydroxyl groups is 2. The van der Waals surface area contributed by atoms with Crippen molar-refractivity contribution >= 4 is 41.2 Å². The average molecular weight is 948 g/mol. The van der Waals surface area contributed by atoms with E-state index in [1.54, 1.807) is 38.8 Å². The van der Waals surface area contributed by atoms with Crippen molar-refractivity contribution in [2.75, 3.05) is 46.8 Å². The zero-order chi connectivity index (χ0) is 48.3. The number of esters is 2. The number of carbonyl (C=O) groups excluding carboxylic acids is 5. The number of fused-ring (bicyclic) bond motifs is 3. The Morgan fingerprint density at radius 3 is 2.30 bits per heavy atom. The molecule has 0 aromatic rings. The van der Waals surface area contributed by atoms with Crippen molar-refractivity contribution in [3.8, 4) is 0 Å². The molecule has 5 rings (SSSR count). The summed E-state index contributed by atoms with van der Waals surface area (Å²) in [4.78, 5) is 70.4. The van der Waals surface area contributed by atoms with Gasteiger partial charge in [0, 0.05) is 64.2 Å². The monoisotopic (exact) mass is 948 g/mol. The zero-order valence-corrected chi connectivity index (χ0v) is 41.3. The molecule has 0 aromatic heterocycles. The van der Waals surface area contributed by atoms with E-state index < -0.39 is 77.8 Å². The highest BCUT2D eigenvalue weighted by Gasteiger charge is 2.56. The van der Waals surface area contributed by atoms with Gasteiger partial charge >= 0.3 is 11.9 Å². The van der Waals surface area contributed by atoms with Crippen LogP contribution in [-0.4, -0.2) is 151 Å². The lowest BCUT2D eigenvalue weighted by molar-refractivity contribution is -0.302. The summed E-state index contributed by atoms with van der Waals surface area (Å²) in [6.07, 6.45) is 6.51. The number of amides is 1. The Morgan fingerprint density at radius 2 is 1.64 bits per heavy atom. The van der Waals surface area contributed by atoms with Crippen LogP contribution in [0.5, 0.6) is 0 Å². The molecular formula is C50H77NO14S. The molecule has 0 radical (unpaired) electrons. The highest BCUT2D eigenvalue weighted by Crippen LogP contribution is 2.39. The van der Waals surface area contributed by atoms with Crippen LogP contribution < -0.4 is 0 Å². The van der Waals surface area contributed by atoms with Crippen molar-refractivity contribution in [2.45, 2.75) is 171 Å². The van der Waals surface area contributed by atoms with Gasteiger partial charge < -0.3 is 48.3 Å². The molecule has 1 amide bonds. The van der Waals surface area contributed by atoms with Crippen LogP contribution in [0.3, 0.4) is 0 Å². The number of thioether (sulfide) groups is 1. The molecule has 2 N–H and O–H groups in total. The number of allylic oxidation sites excluding steroid dienone is 4. The minimum Gasteiger partial charge on any atom is -0.465 e. The molecule has 3 saturated heterocycles. The van der Waals surface area contributed by atoms with E-state index in [0.29, 0.717) is 75.9 Å². The first-order valence-electron chi connectivity index (χ1n) is 24.1.